The van der Waals surface area contributed by atoms with E-state index in [1.807, 2.05) is 0 Å². The van der Waals surface area contributed by atoms with Crippen LogP contribution >= 0.6 is 0 Å². The summed E-state index contributed by atoms with van der Waals surface area (Å²) in [6.07, 6.45) is -2.90. The summed E-state index contributed by atoms with van der Waals surface area (Å²) in [4.78, 5) is 17.3. The first-order valence-corrected chi connectivity index (χ1v) is 8.54. The highest BCUT2D eigenvalue weighted by molar-refractivity contribution is 6.13. The number of rotatable bonds is 2. The molecule has 4 nitrogen and oxygen atoms in total. The molecule has 0 radical (unpaired) electrons. The van der Waals surface area contributed by atoms with Crippen molar-refractivity contribution in [1.82, 2.24) is 9.55 Å². The van der Waals surface area contributed by atoms with Crippen molar-refractivity contribution in [2.24, 2.45) is 0 Å². The number of hydrogen-bond donors (Lipinski definition) is 0. The average Bonchev–Trinajstić information content (AvgIpc) is 3.25. The smallest absolute Gasteiger partial charge is 0.416 e. The highest BCUT2D eigenvalue weighted by Crippen LogP contribution is 2.43. The minimum Gasteiger partial charge on any atom is -0.456 e. The lowest BCUT2D eigenvalue weighted by Crippen LogP contribution is -2.07. The van der Waals surface area contributed by atoms with Crippen LogP contribution in [0.3, 0.4) is 0 Å². The van der Waals surface area contributed by atoms with Gasteiger partial charge in [-0.05, 0) is 54.6 Å². The predicted octanol–water partition coefficient (Wildman–Crippen LogP) is 5.66. The molecule has 0 spiro atoms. The monoisotopic (exact) mass is 398 g/mol. The number of carbonyl (C=O) groups excluding carboxylic acids is 1. The van der Waals surface area contributed by atoms with Gasteiger partial charge in [-0.25, -0.2) is 9.37 Å². The first kappa shape index (κ1) is 17.4. The molecule has 0 amide bonds. The molecule has 29 heavy (non-hydrogen) atoms. The summed E-state index contributed by atoms with van der Waals surface area (Å²) in [6.45, 7) is 0. The Kier molecular flexibility index (Phi) is 3.55. The van der Waals surface area contributed by atoms with E-state index in [1.54, 1.807) is 18.3 Å². The van der Waals surface area contributed by atoms with Crippen LogP contribution in [-0.4, -0.2) is 15.5 Å². The van der Waals surface area contributed by atoms with Crippen LogP contribution in [-0.2, 0) is 6.18 Å². The number of halogens is 4. The van der Waals surface area contributed by atoms with Crippen LogP contribution in [0.5, 0.6) is 11.5 Å². The third-order valence-electron chi connectivity index (χ3n) is 4.72. The van der Waals surface area contributed by atoms with Crippen LogP contribution in [0, 0.1) is 5.82 Å². The predicted molar refractivity (Wildman–Crippen MR) is 96.4 cm³/mol. The second kappa shape index (κ2) is 5.91. The molecule has 0 saturated heterocycles. The molecular formula is C21H10F4N2O2. The number of alkyl halides is 3. The summed E-state index contributed by atoms with van der Waals surface area (Å²) in [7, 11) is 0. The molecule has 0 fully saturated rings. The van der Waals surface area contributed by atoms with E-state index in [9.17, 15) is 22.4 Å². The van der Waals surface area contributed by atoms with Gasteiger partial charge in [0.2, 0.25) is 0 Å². The second-order valence-electron chi connectivity index (χ2n) is 6.52. The molecule has 0 bridgehead atoms. The van der Waals surface area contributed by atoms with Crippen molar-refractivity contribution >= 4 is 16.8 Å². The number of benzene rings is 2. The maximum Gasteiger partial charge on any atom is 0.416 e. The average molecular weight is 398 g/mol. The van der Waals surface area contributed by atoms with Gasteiger partial charge in [-0.2, -0.15) is 13.2 Å². The van der Waals surface area contributed by atoms with E-state index < -0.39 is 23.5 Å². The lowest BCUT2D eigenvalue weighted by atomic mass is 10.1. The molecule has 0 atom stereocenters. The van der Waals surface area contributed by atoms with Crippen molar-refractivity contribution in [3.8, 4) is 22.9 Å². The normalized spacial score (nSPS) is 12.9. The molecule has 1 aliphatic heterocycles. The van der Waals surface area contributed by atoms with Crippen LogP contribution in [0.25, 0.3) is 22.3 Å². The van der Waals surface area contributed by atoms with Gasteiger partial charge >= 0.3 is 6.18 Å². The number of aromatic nitrogens is 2. The van der Waals surface area contributed by atoms with Crippen molar-refractivity contribution in [2.45, 2.75) is 6.18 Å². The Labute approximate surface area is 161 Å². The summed E-state index contributed by atoms with van der Waals surface area (Å²) < 4.78 is 59.5. The van der Waals surface area contributed by atoms with E-state index in [2.05, 4.69) is 4.98 Å². The number of ether oxygens (including phenoxy) is 1. The largest absolute Gasteiger partial charge is 0.456 e. The highest BCUT2D eigenvalue weighted by Gasteiger charge is 2.33. The lowest BCUT2D eigenvalue weighted by Gasteiger charge is -2.13. The first-order valence-electron chi connectivity index (χ1n) is 8.54. The summed E-state index contributed by atoms with van der Waals surface area (Å²) in [6, 6.07) is 11.4. The third-order valence-corrected chi connectivity index (χ3v) is 4.72. The summed E-state index contributed by atoms with van der Waals surface area (Å²) in [5.74, 6) is -0.818. The molecule has 0 saturated carbocycles. The molecule has 5 rings (SSSR count). The van der Waals surface area contributed by atoms with Crippen LogP contribution in [0.1, 0.15) is 15.9 Å². The van der Waals surface area contributed by atoms with E-state index >= 15 is 0 Å². The van der Waals surface area contributed by atoms with E-state index in [-0.39, 0.29) is 22.4 Å². The van der Waals surface area contributed by atoms with Crippen molar-refractivity contribution in [3.05, 3.63) is 77.7 Å². The topological polar surface area (TPSA) is 44.1 Å². The van der Waals surface area contributed by atoms with Gasteiger partial charge in [0, 0.05) is 11.6 Å². The van der Waals surface area contributed by atoms with Crippen LogP contribution < -0.4 is 4.74 Å². The van der Waals surface area contributed by atoms with Gasteiger partial charge in [-0.3, -0.25) is 9.36 Å². The molecule has 144 valence electrons. The Hall–Kier alpha value is -3.68. The zero-order chi connectivity index (χ0) is 20.3. The van der Waals surface area contributed by atoms with Crippen LogP contribution in [0.15, 0.2) is 60.8 Å². The van der Waals surface area contributed by atoms with Crippen molar-refractivity contribution < 1.29 is 27.1 Å². The van der Waals surface area contributed by atoms with Crippen LogP contribution in [0.2, 0.25) is 0 Å². The maximum atomic E-state index is 13.9. The SMILES string of the molecule is O=C1c2c(nc3ccc(F)cc3c2Oc2ccc(C(F)(F)F)cc2)-c2cccn21. The third kappa shape index (κ3) is 2.67. The molecular weight excluding hydrogens is 388 g/mol. The number of fused-ring (bicyclic) bond motifs is 4. The fourth-order valence-corrected chi connectivity index (χ4v) is 3.40. The Morgan fingerprint density at radius 2 is 1.76 bits per heavy atom. The Bertz CT molecular complexity index is 1290. The zero-order valence-corrected chi connectivity index (χ0v) is 14.5. The summed E-state index contributed by atoms with van der Waals surface area (Å²) in [5.41, 5.74) is 0.648. The van der Waals surface area contributed by atoms with Gasteiger partial charge in [0.05, 0.1) is 16.8 Å². The lowest BCUT2D eigenvalue weighted by molar-refractivity contribution is -0.137. The standard InChI is InChI=1S/C21H10F4N2O2/c22-12-5-8-15-14(10-12)19(29-13-6-3-11(4-7-13)21(23,24)25)17-18(26-15)16-2-1-9-27(16)20(17)28/h1-10H. The minimum atomic E-state index is -4.48. The quantitative estimate of drug-likeness (QED) is 0.361. The molecule has 3 heterocycles. The fraction of sp³-hybridized carbons (Fsp3) is 0.0476. The van der Waals surface area contributed by atoms with Gasteiger partial charge in [-0.15, -0.1) is 0 Å². The summed E-state index contributed by atoms with van der Waals surface area (Å²) >= 11 is 0. The molecule has 2 aromatic carbocycles. The fourth-order valence-electron chi connectivity index (χ4n) is 3.40. The minimum absolute atomic E-state index is 0.0537. The van der Waals surface area contributed by atoms with Gasteiger partial charge < -0.3 is 4.74 Å². The molecule has 0 N–H and O–H groups in total. The van der Waals surface area contributed by atoms with Gasteiger partial charge in [0.15, 0.2) is 5.75 Å². The molecule has 0 unspecified atom stereocenters. The van der Waals surface area contributed by atoms with E-state index in [4.69, 9.17) is 4.74 Å². The maximum absolute atomic E-state index is 13.9. The number of carbonyl (C=O) groups is 1. The first-order chi connectivity index (χ1) is 13.8. The Morgan fingerprint density at radius 1 is 1.00 bits per heavy atom. The molecule has 0 aliphatic carbocycles. The highest BCUT2D eigenvalue weighted by atomic mass is 19.4. The summed E-state index contributed by atoms with van der Waals surface area (Å²) in [5, 5.41) is 0.253. The van der Waals surface area contributed by atoms with E-state index in [0.717, 1.165) is 24.3 Å². The van der Waals surface area contributed by atoms with Crippen molar-refractivity contribution in [1.29, 1.82) is 0 Å². The molecule has 1 aliphatic rings. The Balaban J connectivity index is 1.70. The van der Waals surface area contributed by atoms with Crippen molar-refractivity contribution in [3.63, 3.8) is 0 Å². The van der Waals surface area contributed by atoms with Gasteiger partial charge in [0.1, 0.15) is 22.8 Å². The van der Waals surface area contributed by atoms with E-state index in [0.29, 0.717) is 16.9 Å². The Morgan fingerprint density at radius 3 is 2.48 bits per heavy atom. The van der Waals surface area contributed by atoms with Gasteiger partial charge in [-0.1, -0.05) is 0 Å². The van der Waals surface area contributed by atoms with Crippen molar-refractivity contribution in [2.75, 3.05) is 0 Å². The van der Waals surface area contributed by atoms with Gasteiger partial charge in [0.25, 0.3) is 5.91 Å². The number of pyridine rings is 1. The molecule has 2 aromatic heterocycles. The second-order valence-corrected chi connectivity index (χ2v) is 6.52. The molecule has 8 heteroatoms. The number of hydrogen-bond acceptors (Lipinski definition) is 3. The zero-order valence-electron chi connectivity index (χ0n) is 14.5. The van der Waals surface area contributed by atoms with E-state index in [1.165, 1.54) is 22.8 Å². The van der Waals surface area contributed by atoms with Crippen LogP contribution in [0.4, 0.5) is 17.6 Å². The molecule has 4 aromatic rings. The number of nitrogens with zero attached hydrogens (tertiary/aromatic N) is 2.